The van der Waals surface area contributed by atoms with E-state index in [0.717, 1.165) is 16.1 Å². The molecule has 0 spiro atoms. The molecule has 0 bridgehead atoms. The van der Waals surface area contributed by atoms with Crippen LogP contribution in [0.5, 0.6) is 0 Å². The summed E-state index contributed by atoms with van der Waals surface area (Å²) < 4.78 is 5.46. The van der Waals surface area contributed by atoms with Crippen molar-refractivity contribution in [3.63, 3.8) is 0 Å². The van der Waals surface area contributed by atoms with E-state index in [-0.39, 0.29) is 0 Å². The summed E-state index contributed by atoms with van der Waals surface area (Å²) in [5.41, 5.74) is 3.26. The van der Waals surface area contributed by atoms with Crippen molar-refractivity contribution in [3.05, 3.63) is 64.9 Å². The molecule has 2 nitrogen and oxygen atoms in total. The van der Waals surface area contributed by atoms with E-state index in [2.05, 4.69) is 36.2 Å². The maximum Gasteiger partial charge on any atom is 0.236 e. The lowest BCUT2D eigenvalue weighted by Gasteiger charge is -1.93. The molecule has 2 heterocycles. The Morgan fingerprint density at radius 1 is 1.11 bits per heavy atom. The van der Waals surface area contributed by atoms with Crippen molar-refractivity contribution >= 4 is 23.5 Å². The van der Waals surface area contributed by atoms with Gasteiger partial charge in [0.05, 0.1) is 4.88 Å². The summed E-state index contributed by atoms with van der Waals surface area (Å²) in [6.07, 6.45) is 5.68. The highest BCUT2D eigenvalue weighted by molar-refractivity contribution is 7.13. The minimum Gasteiger partial charge on any atom is -0.443 e. The van der Waals surface area contributed by atoms with Gasteiger partial charge in [-0.3, -0.25) is 0 Å². The number of hydrogen-bond acceptors (Lipinski definition) is 3. The molecular weight excluding hydrogens is 254 g/mol. The molecule has 0 aliphatic heterocycles. The standard InChI is InChI=1S/C16H13NOS/c1-12-4-6-13(7-5-12)8-9-14-11-18-16(17-14)15-3-2-10-19-15/h2-11H,1H3/b9-8+. The fraction of sp³-hybridized carbons (Fsp3) is 0.0625. The van der Waals surface area contributed by atoms with Crippen LogP contribution in [0.15, 0.2) is 52.5 Å². The van der Waals surface area contributed by atoms with Gasteiger partial charge in [-0.2, -0.15) is 0 Å². The molecule has 94 valence electrons. The molecule has 0 radical (unpaired) electrons. The zero-order chi connectivity index (χ0) is 13.1. The van der Waals surface area contributed by atoms with E-state index in [4.69, 9.17) is 4.42 Å². The van der Waals surface area contributed by atoms with E-state index in [1.807, 2.05) is 29.7 Å². The Morgan fingerprint density at radius 2 is 1.95 bits per heavy atom. The predicted octanol–water partition coefficient (Wildman–Crippen LogP) is 4.88. The minimum absolute atomic E-state index is 0.679. The van der Waals surface area contributed by atoms with Crippen molar-refractivity contribution in [2.45, 2.75) is 6.92 Å². The zero-order valence-electron chi connectivity index (χ0n) is 10.5. The molecule has 0 aliphatic carbocycles. The second kappa shape index (κ2) is 5.24. The first kappa shape index (κ1) is 11.9. The average molecular weight is 267 g/mol. The molecule has 3 rings (SSSR count). The number of nitrogens with zero attached hydrogens (tertiary/aromatic N) is 1. The summed E-state index contributed by atoms with van der Waals surface area (Å²) >= 11 is 1.63. The maximum absolute atomic E-state index is 5.46. The Hall–Kier alpha value is -2.13. The second-order valence-electron chi connectivity index (χ2n) is 4.30. The molecular formula is C16H13NOS. The molecule has 0 saturated heterocycles. The summed E-state index contributed by atoms with van der Waals surface area (Å²) in [6.45, 7) is 2.08. The molecule has 0 N–H and O–H groups in total. The predicted molar refractivity (Wildman–Crippen MR) is 79.9 cm³/mol. The van der Waals surface area contributed by atoms with Crippen molar-refractivity contribution in [1.82, 2.24) is 4.98 Å². The number of aromatic nitrogens is 1. The molecule has 0 fully saturated rings. The van der Waals surface area contributed by atoms with Gasteiger partial charge in [0.15, 0.2) is 0 Å². The van der Waals surface area contributed by atoms with Crippen LogP contribution >= 0.6 is 11.3 Å². The molecule has 3 aromatic rings. The van der Waals surface area contributed by atoms with Gasteiger partial charge in [0.25, 0.3) is 0 Å². The highest BCUT2D eigenvalue weighted by atomic mass is 32.1. The third kappa shape index (κ3) is 2.83. The fourth-order valence-electron chi connectivity index (χ4n) is 1.74. The normalized spacial score (nSPS) is 11.2. The average Bonchev–Trinajstić information content (AvgIpc) is 3.09. The fourth-order valence-corrected chi connectivity index (χ4v) is 2.39. The van der Waals surface area contributed by atoms with Crippen LogP contribution in [-0.2, 0) is 0 Å². The SMILES string of the molecule is Cc1ccc(/C=C/c2coc(-c3cccs3)n2)cc1. The summed E-state index contributed by atoms with van der Waals surface area (Å²) in [4.78, 5) is 5.49. The van der Waals surface area contributed by atoms with Gasteiger partial charge in [-0.05, 0) is 30.0 Å². The first-order valence-electron chi connectivity index (χ1n) is 6.05. The number of benzene rings is 1. The Bertz CT molecular complexity index is 678. The van der Waals surface area contributed by atoms with Crippen molar-refractivity contribution < 1.29 is 4.42 Å². The lowest BCUT2D eigenvalue weighted by Crippen LogP contribution is -1.75. The van der Waals surface area contributed by atoms with E-state index in [0.29, 0.717) is 5.89 Å². The lowest BCUT2D eigenvalue weighted by atomic mass is 10.1. The van der Waals surface area contributed by atoms with Gasteiger partial charge in [0, 0.05) is 0 Å². The third-order valence-electron chi connectivity index (χ3n) is 2.78. The van der Waals surface area contributed by atoms with Gasteiger partial charge in [0.1, 0.15) is 12.0 Å². The van der Waals surface area contributed by atoms with Gasteiger partial charge in [-0.15, -0.1) is 11.3 Å². The number of hydrogen-bond donors (Lipinski definition) is 0. The first-order chi connectivity index (χ1) is 9.31. The Morgan fingerprint density at radius 3 is 2.68 bits per heavy atom. The van der Waals surface area contributed by atoms with Crippen molar-refractivity contribution in [1.29, 1.82) is 0 Å². The van der Waals surface area contributed by atoms with Gasteiger partial charge in [-0.25, -0.2) is 4.98 Å². The van der Waals surface area contributed by atoms with Crippen LogP contribution < -0.4 is 0 Å². The van der Waals surface area contributed by atoms with Crippen molar-refractivity contribution in [2.75, 3.05) is 0 Å². The molecule has 0 atom stereocenters. The number of thiophene rings is 1. The summed E-state index contributed by atoms with van der Waals surface area (Å²) in [7, 11) is 0. The number of aryl methyl sites for hydroxylation is 1. The van der Waals surface area contributed by atoms with E-state index < -0.39 is 0 Å². The van der Waals surface area contributed by atoms with Crippen LogP contribution in [0.4, 0.5) is 0 Å². The highest BCUT2D eigenvalue weighted by Gasteiger charge is 2.05. The Balaban J connectivity index is 1.78. The van der Waals surface area contributed by atoms with Crippen molar-refractivity contribution in [2.24, 2.45) is 0 Å². The smallest absolute Gasteiger partial charge is 0.236 e. The lowest BCUT2D eigenvalue weighted by molar-refractivity contribution is 0.576. The van der Waals surface area contributed by atoms with Gasteiger partial charge < -0.3 is 4.42 Å². The highest BCUT2D eigenvalue weighted by Crippen LogP contribution is 2.24. The van der Waals surface area contributed by atoms with Gasteiger partial charge in [-0.1, -0.05) is 42.0 Å². The minimum atomic E-state index is 0.679. The molecule has 19 heavy (non-hydrogen) atoms. The molecule has 0 aliphatic rings. The van der Waals surface area contributed by atoms with Crippen LogP contribution in [0.1, 0.15) is 16.8 Å². The van der Waals surface area contributed by atoms with Crippen molar-refractivity contribution in [3.8, 4) is 10.8 Å². The summed E-state index contributed by atoms with van der Waals surface area (Å²) in [6, 6.07) is 12.4. The Kier molecular flexibility index (Phi) is 3.29. The first-order valence-corrected chi connectivity index (χ1v) is 6.93. The van der Waals surface area contributed by atoms with Crippen LogP contribution in [-0.4, -0.2) is 4.98 Å². The number of oxazole rings is 1. The number of rotatable bonds is 3. The second-order valence-corrected chi connectivity index (χ2v) is 5.25. The van der Waals surface area contributed by atoms with Gasteiger partial charge in [0.2, 0.25) is 5.89 Å². The van der Waals surface area contributed by atoms with E-state index in [1.54, 1.807) is 17.6 Å². The molecule has 0 saturated carbocycles. The van der Waals surface area contributed by atoms with Crippen LogP contribution in [0.25, 0.3) is 22.9 Å². The zero-order valence-corrected chi connectivity index (χ0v) is 11.4. The van der Waals surface area contributed by atoms with Crippen LogP contribution in [0.3, 0.4) is 0 Å². The van der Waals surface area contributed by atoms with Crippen LogP contribution in [0.2, 0.25) is 0 Å². The molecule has 2 aromatic heterocycles. The quantitative estimate of drug-likeness (QED) is 0.675. The van der Waals surface area contributed by atoms with E-state index in [9.17, 15) is 0 Å². The molecule has 1 aromatic carbocycles. The molecule has 0 unspecified atom stereocenters. The molecule has 0 amide bonds. The summed E-state index contributed by atoms with van der Waals surface area (Å²) in [5, 5.41) is 2.02. The van der Waals surface area contributed by atoms with E-state index in [1.165, 1.54) is 5.56 Å². The molecule has 3 heteroatoms. The third-order valence-corrected chi connectivity index (χ3v) is 3.64. The largest absolute Gasteiger partial charge is 0.443 e. The monoisotopic (exact) mass is 267 g/mol. The maximum atomic E-state index is 5.46. The summed E-state index contributed by atoms with van der Waals surface area (Å²) in [5.74, 6) is 0.679. The topological polar surface area (TPSA) is 26.0 Å². The van der Waals surface area contributed by atoms with Crippen LogP contribution in [0, 0.1) is 6.92 Å². The Labute approximate surface area is 116 Å². The van der Waals surface area contributed by atoms with Gasteiger partial charge >= 0.3 is 0 Å². The van der Waals surface area contributed by atoms with E-state index >= 15 is 0 Å².